The summed E-state index contributed by atoms with van der Waals surface area (Å²) in [7, 11) is 0. The largest absolute Gasteiger partial charge is 0.477 e. The van der Waals surface area contributed by atoms with Crippen molar-refractivity contribution < 1.29 is 14.7 Å². The summed E-state index contributed by atoms with van der Waals surface area (Å²) in [4.78, 5) is 26.4. The highest BCUT2D eigenvalue weighted by Gasteiger charge is 2.10. The Kier molecular flexibility index (Phi) is 3.72. The summed E-state index contributed by atoms with van der Waals surface area (Å²) >= 11 is 0. The van der Waals surface area contributed by atoms with Crippen molar-refractivity contribution in [2.75, 3.05) is 5.32 Å². The van der Waals surface area contributed by atoms with Gasteiger partial charge in [0.25, 0.3) is 5.91 Å². The highest BCUT2D eigenvalue weighted by atomic mass is 16.4. The van der Waals surface area contributed by atoms with E-state index in [1.54, 1.807) is 24.3 Å². The fraction of sp³-hybridized carbons (Fsp3) is 0. The zero-order valence-electron chi connectivity index (χ0n) is 10.2. The Bertz CT molecular complexity index is 702. The minimum absolute atomic E-state index is 0.196. The second-order valence-corrected chi connectivity index (χ2v) is 3.88. The molecule has 2 aromatic rings. The number of benzene rings is 1. The molecule has 0 unspecified atom stereocenters. The first-order valence-corrected chi connectivity index (χ1v) is 5.61. The number of carbonyl (C=O) groups excluding carboxylic acids is 1. The maximum absolute atomic E-state index is 11.9. The van der Waals surface area contributed by atoms with E-state index in [1.165, 1.54) is 18.3 Å². The van der Waals surface area contributed by atoms with Crippen LogP contribution in [0.3, 0.4) is 0 Å². The van der Waals surface area contributed by atoms with E-state index in [0.717, 1.165) is 0 Å². The van der Waals surface area contributed by atoms with Crippen molar-refractivity contribution in [3.63, 3.8) is 0 Å². The van der Waals surface area contributed by atoms with Crippen molar-refractivity contribution in [3.8, 4) is 6.07 Å². The lowest BCUT2D eigenvalue weighted by molar-refractivity contribution is 0.0690. The molecule has 2 rings (SSSR count). The summed E-state index contributed by atoms with van der Waals surface area (Å²) in [6.07, 6.45) is 1.26. The molecule has 1 aromatic carbocycles. The third-order valence-electron chi connectivity index (χ3n) is 2.51. The summed E-state index contributed by atoms with van der Waals surface area (Å²) in [5, 5.41) is 20.1. The van der Waals surface area contributed by atoms with Gasteiger partial charge in [0.15, 0.2) is 0 Å². The van der Waals surface area contributed by atoms with E-state index >= 15 is 0 Å². The molecule has 1 amide bonds. The lowest BCUT2D eigenvalue weighted by Crippen LogP contribution is -2.13. The van der Waals surface area contributed by atoms with Crippen LogP contribution >= 0.6 is 0 Å². The molecule has 98 valence electrons. The van der Waals surface area contributed by atoms with Gasteiger partial charge >= 0.3 is 5.97 Å². The summed E-state index contributed by atoms with van der Waals surface area (Å²) < 4.78 is 0. The van der Waals surface area contributed by atoms with Crippen molar-refractivity contribution in [3.05, 3.63) is 59.4 Å². The number of hydrogen-bond donors (Lipinski definition) is 2. The van der Waals surface area contributed by atoms with Gasteiger partial charge in [-0.2, -0.15) is 5.26 Å². The van der Waals surface area contributed by atoms with Crippen LogP contribution < -0.4 is 5.32 Å². The Balaban J connectivity index is 2.17. The van der Waals surface area contributed by atoms with Gasteiger partial charge in [-0.1, -0.05) is 0 Å². The van der Waals surface area contributed by atoms with E-state index in [4.69, 9.17) is 10.4 Å². The number of carboxylic acid groups (broad SMARTS) is 1. The van der Waals surface area contributed by atoms with E-state index in [9.17, 15) is 9.59 Å². The number of carbonyl (C=O) groups is 2. The molecule has 20 heavy (non-hydrogen) atoms. The van der Waals surface area contributed by atoms with Gasteiger partial charge in [-0.25, -0.2) is 9.78 Å². The number of aromatic carboxylic acids is 1. The predicted octanol–water partition coefficient (Wildman–Crippen LogP) is 1.90. The van der Waals surface area contributed by atoms with Crippen LogP contribution in [0.25, 0.3) is 0 Å². The standard InChI is InChI=1S/C14H9N3O3/c15-8-9-1-3-11(4-2-9)17-13(18)10-5-6-16-12(7-10)14(19)20/h1-7H,(H,17,18)(H,19,20). The maximum atomic E-state index is 11.9. The third kappa shape index (κ3) is 2.97. The van der Waals surface area contributed by atoms with Gasteiger partial charge in [0, 0.05) is 17.4 Å². The van der Waals surface area contributed by atoms with Crippen LogP contribution in [0, 0.1) is 11.3 Å². The van der Waals surface area contributed by atoms with Crippen LogP contribution in [0.15, 0.2) is 42.6 Å². The minimum Gasteiger partial charge on any atom is -0.477 e. The van der Waals surface area contributed by atoms with Gasteiger partial charge < -0.3 is 10.4 Å². The molecule has 6 nitrogen and oxygen atoms in total. The smallest absolute Gasteiger partial charge is 0.354 e. The summed E-state index contributed by atoms with van der Waals surface area (Å²) in [5.41, 5.74) is 1.00. The van der Waals surface area contributed by atoms with Gasteiger partial charge in [-0.05, 0) is 36.4 Å². The summed E-state index contributed by atoms with van der Waals surface area (Å²) in [6.45, 7) is 0. The normalized spacial score (nSPS) is 9.55. The number of nitriles is 1. The molecule has 0 fully saturated rings. The number of nitrogens with one attached hydrogen (secondary N) is 1. The second-order valence-electron chi connectivity index (χ2n) is 3.88. The molecule has 0 saturated carbocycles. The van der Waals surface area contributed by atoms with Gasteiger partial charge in [0.2, 0.25) is 0 Å². The summed E-state index contributed by atoms with van der Waals surface area (Å²) in [6, 6.07) is 10.9. The van der Waals surface area contributed by atoms with Crippen molar-refractivity contribution in [2.24, 2.45) is 0 Å². The Morgan fingerprint density at radius 3 is 2.50 bits per heavy atom. The van der Waals surface area contributed by atoms with Crippen molar-refractivity contribution in [2.45, 2.75) is 0 Å². The molecule has 0 radical (unpaired) electrons. The van der Waals surface area contributed by atoms with Gasteiger partial charge in [0.05, 0.1) is 11.6 Å². The number of aromatic nitrogens is 1. The van der Waals surface area contributed by atoms with Gasteiger partial charge in [-0.3, -0.25) is 4.79 Å². The number of carboxylic acids is 1. The fourth-order valence-corrected chi connectivity index (χ4v) is 1.52. The minimum atomic E-state index is -1.20. The molecule has 0 atom stereocenters. The Labute approximate surface area is 114 Å². The lowest BCUT2D eigenvalue weighted by atomic mass is 10.2. The Hall–Kier alpha value is -3.20. The van der Waals surface area contributed by atoms with Crippen molar-refractivity contribution in [1.82, 2.24) is 4.98 Å². The number of hydrogen-bond acceptors (Lipinski definition) is 4. The van der Waals surface area contributed by atoms with Crippen LogP contribution in [-0.4, -0.2) is 22.0 Å². The van der Waals surface area contributed by atoms with Gasteiger partial charge in [0.1, 0.15) is 5.69 Å². The molecule has 0 spiro atoms. The number of anilines is 1. The van der Waals surface area contributed by atoms with E-state index in [-0.39, 0.29) is 11.3 Å². The average molecular weight is 267 g/mol. The molecular formula is C14H9N3O3. The molecule has 0 saturated heterocycles. The topological polar surface area (TPSA) is 103 Å². The molecule has 0 aliphatic rings. The van der Waals surface area contributed by atoms with Gasteiger partial charge in [-0.15, -0.1) is 0 Å². The second kappa shape index (κ2) is 5.63. The average Bonchev–Trinajstić information content (AvgIpc) is 2.48. The first-order chi connectivity index (χ1) is 9.60. The van der Waals surface area contributed by atoms with Crippen molar-refractivity contribution in [1.29, 1.82) is 5.26 Å². The fourth-order valence-electron chi connectivity index (χ4n) is 1.52. The van der Waals surface area contributed by atoms with Crippen LogP contribution in [0.2, 0.25) is 0 Å². The highest BCUT2D eigenvalue weighted by Crippen LogP contribution is 2.11. The molecular weight excluding hydrogens is 258 g/mol. The monoisotopic (exact) mass is 267 g/mol. The zero-order valence-corrected chi connectivity index (χ0v) is 10.2. The number of nitrogens with zero attached hydrogens (tertiary/aromatic N) is 2. The van der Waals surface area contributed by atoms with E-state index in [2.05, 4.69) is 10.3 Å². The van der Waals surface area contributed by atoms with E-state index < -0.39 is 11.9 Å². The van der Waals surface area contributed by atoms with E-state index in [0.29, 0.717) is 11.3 Å². The first-order valence-electron chi connectivity index (χ1n) is 5.61. The highest BCUT2D eigenvalue weighted by molar-refractivity contribution is 6.05. The Morgan fingerprint density at radius 2 is 1.90 bits per heavy atom. The molecule has 0 bridgehead atoms. The predicted molar refractivity (Wildman–Crippen MR) is 70.3 cm³/mol. The van der Waals surface area contributed by atoms with Crippen molar-refractivity contribution >= 4 is 17.6 Å². The molecule has 1 heterocycles. The number of rotatable bonds is 3. The summed E-state index contributed by atoms with van der Waals surface area (Å²) in [5.74, 6) is -1.64. The third-order valence-corrected chi connectivity index (χ3v) is 2.51. The Morgan fingerprint density at radius 1 is 1.20 bits per heavy atom. The SMILES string of the molecule is N#Cc1ccc(NC(=O)c2ccnc(C(=O)O)c2)cc1. The van der Waals surface area contributed by atoms with Crippen LogP contribution in [-0.2, 0) is 0 Å². The molecule has 0 aliphatic carbocycles. The molecule has 1 aromatic heterocycles. The number of pyridine rings is 1. The molecule has 2 N–H and O–H groups in total. The van der Waals surface area contributed by atoms with Crippen LogP contribution in [0.4, 0.5) is 5.69 Å². The quantitative estimate of drug-likeness (QED) is 0.884. The zero-order chi connectivity index (χ0) is 14.5. The lowest BCUT2D eigenvalue weighted by Gasteiger charge is -2.05. The van der Waals surface area contributed by atoms with E-state index in [1.807, 2.05) is 6.07 Å². The molecule has 6 heteroatoms. The van der Waals surface area contributed by atoms with Crippen LogP contribution in [0.1, 0.15) is 26.4 Å². The molecule has 0 aliphatic heterocycles. The maximum Gasteiger partial charge on any atom is 0.354 e. The number of amides is 1. The first kappa shape index (κ1) is 13.2. The van der Waals surface area contributed by atoms with Crippen LogP contribution in [0.5, 0.6) is 0 Å².